The zero-order valence-electron chi connectivity index (χ0n) is 10.4. The van der Waals surface area contributed by atoms with Crippen LogP contribution in [0.25, 0.3) is 11.2 Å². The Morgan fingerprint density at radius 2 is 1.88 bits per heavy atom. The molecule has 0 aromatic carbocycles. The molecule has 2 heterocycles. The third-order valence-corrected chi connectivity index (χ3v) is 2.40. The first kappa shape index (κ1) is 10.9. The molecule has 2 rings (SSSR count). The first-order valence-electron chi connectivity index (χ1n) is 5.27. The number of hydrogen-bond acceptors (Lipinski definition) is 4. The van der Waals surface area contributed by atoms with Crippen LogP contribution < -0.4 is 4.90 Å². The molecule has 0 unspecified atom stereocenters. The Kier molecular flexibility index (Phi) is 2.33. The quantitative estimate of drug-likeness (QED) is 0.731. The van der Waals surface area contributed by atoms with Gasteiger partial charge >= 0.3 is 0 Å². The molecular weight excluding hydrogens is 202 g/mol. The normalized spacial score (nSPS) is 12.1. The lowest BCUT2D eigenvalue weighted by atomic mass is 10.1. The standard InChI is InChI=1S/C11H17N5/c1-11(2,3)16-7-13-8-6-12-10(15(4)5)14-9(8)16/h6-7H,1-5H3. The molecule has 0 spiro atoms. The number of hydrogen-bond donors (Lipinski definition) is 0. The van der Waals surface area contributed by atoms with Gasteiger partial charge in [0.05, 0.1) is 12.5 Å². The van der Waals surface area contributed by atoms with E-state index in [2.05, 4.69) is 40.3 Å². The molecule has 0 bridgehead atoms. The minimum absolute atomic E-state index is 0.0211. The van der Waals surface area contributed by atoms with Crippen molar-refractivity contribution in [2.75, 3.05) is 19.0 Å². The summed E-state index contributed by atoms with van der Waals surface area (Å²) in [5, 5.41) is 0. The second-order valence-electron chi connectivity index (χ2n) is 5.06. The van der Waals surface area contributed by atoms with Crippen molar-refractivity contribution in [2.45, 2.75) is 26.3 Å². The Morgan fingerprint density at radius 1 is 1.19 bits per heavy atom. The van der Waals surface area contributed by atoms with Crippen molar-refractivity contribution in [3.8, 4) is 0 Å². The number of imidazole rings is 1. The largest absolute Gasteiger partial charge is 0.347 e. The lowest BCUT2D eigenvalue weighted by molar-refractivity contribution is 0.406. The van der Waals surface area contributed by atoms with Gasteiger partial charge in [0.25, 0.3) is 0 Å². The smallest absolute Gasteiger partial charge is 0.226 e. The van der Waals surface area contributed by atoms with Crippen LogP contribution in [0.4, 0.5) is 5.95 Å². The van der Waals surface area contributed by atoms with Crippen molar-refractivity contribution in [3.63, 3.8) is 0 Å². The fourth-order valence-electron chi connectivity index (χ4n) is 1.51. The molecule has 0 aliphatic heterocycles. The van der Waals surface area contributed by atoms with Crippen LogP contribution in [-0.2, 0) is 5.54 Å². The molecule has 0 N–H and O–H groups in total. The lowest BCUT2D eigenvalue weighted by Crippen LogP contribution is -2.21. The topological polar surface area (TPSA) is 46.8 Å². The van der Waals surface area contributed by atoms with Crippen molar-refractivity contribution in [1.29, 1.82) is 0 Å². The van der Waals surface area contributed by atoms with Crippen molar-refractivity contribution < 1.29 is 0 Å². The SMILES string of the molecule is CN(C)c1ncc2ncn(C(C)(C)C)c2n1. The minimum atomic E-state index is -0.0211. The zero-order valence-corrected chi connectivity index (χ0v) is 10.4. The third kappa shape index (κ3) is 1.73. The molecule has 0 saturated heterocycles. The average molecular weight is 219 g/mol. The molecular formula is C11H17N5. The van der Waals surface area contributed by atoms with Gasteiger partial charge in [-0.15, -0.1) is 0 Å². The minimum Gasteiger partial charge on any atom is -0.347 e. The number of anilines is 1. The van der Waals surface area contributed by atoms with E-state index < -0.39 is 0 Å². The van der Waals surface area contributed by atoms with E-state index in [9.17, 15) is 0 Å². The number of fused-ring (bicyclic) bond motifs is 1. The Morgan fingerprint density at radius 3 is 2.44 bits per heavy atom. The van der Waals surface area contributed by atoms with Gasteiger partial charge in [-0.05, 0) is 20.8 Å². The van der Waals surface area contributed by atoms with Crippen LogP contribution in [0, 0.1) is 0 Å². The van der Waals surface area contributed by atoms with E-state index in [-0.39, 0.29) is 5.54 Å². The molecule has 0 saturated carbocycles. The van der Waals surface area contributed by atoms with Crippen LogP contribution >= 0.6 is 0 Å². The van der Waals surface area contributed by atoms with Crippen molar-refractivity contribution in [3.05, 3.63) is 12.5 Å². The predicted molar refractivity (Wildman–Crippen MR) is 64.6 cm³/mol. The predicted octanol–water partition coefficient (Wildman–Crippen LogP) is 1.65. The zero-order chi connectivity index (χ0) is 11.9. The molecule has 0 atom stereocenters. The second-order valence-corrected chi connectivity index (χ2v) is 5.06. The molecule has 2 aromatic rings. The van der Waals surface area contributed by atoms with Gasteiger partial charge in [-0.25, -0.2) is 9.97 Å². The van der Waals surface area contributed by atoms with Crippen LogP contribution in [0.1, 0.15) is 20.8 Å². The summed E-state index contributed by atoms with van der Waals surface area (Å²) in [5.74, 6) is 0.707. The van der Waals surface area contributed by atoms with Gasteiger partial charge in [0.2, 0.25) is 5.95 Å². The summed E-state index contributed by atoms with van der Waals surface area (Å²) >= 11 is 0. The fraction of sp³-hybridized carbons (Fsp3) is 0.545. The summed E-state index contributed by atoms with van der Waals surface area (Å²) in [5.41, 5.74) is 1.69. The number of nitrogens with zero attached hydrogens (tertiary/aromatic N) is 5. The van der Waals surface area contributed by atoms with E-state index >= 15 is 0 Å². The highest BCUT2D eigenvalue weighted by Gasteiger charge is 2.17. The summed E-state index contributed by atoms with van der Waals surface area (Å²) in [6, 6.07) is 0. The molecule has 0 aliphatic rings. The van der Waals surface area contributed by atoms with E-state index in [4.69, 9.17) is 0 Å². The van der Waals surface area contributed by atoms with E-state index in [1.807, 2.05) is 25.3 Å². The highest BCUT2D eigenvalue weighted by molar-refractivity contribution is 5.71. The first-order chi connectivity index (χ1) is 7.39. The van der Waals surface area contributed by atoms with Gasteiger partial charge in [-0.2, -0.15) is 4.98 Å². The van der Waals surface area contributed by atoms with Crippen molar-refractivity contribution in [2.24, 2.45) is 0 Å². The molecule has 2 aromatic heterocycles. The summed E-state index contributed by atoms with van der Waals surface area (Å²) in [6.45, 7) is 6.39. The van der Waals surface area contributed by atoms with Gasteiger partial charge in [0.15, 0.2) is 5.65 Å². The van der Waals surface area contributed by atoms with E-state index in [1.165, 1.54) is 0 Å². The fourth-order valence-corrected chi connectivity index (χ4v) is 1.51. The molecule has 5 heteroatoms. The molecule has 0 aliphatic carbocycles. The highest BCUT2D eigenvalue weighted by Crippen LogP contribution is 2.20. The van der Waals surface area contributed by atoms with Gasteiger partial charge in [-0.3, -0.25) is 0 Å². The van der Waals surface area contributed by atoms with E-state index in [0.29, 0.717) is 5.95 Å². The van der Waals surface area contributed by atoms with Crippen LogP contribution in [0.2, 0.25) is 0 Å². The van der Waals surface area contributed by atoms with E-state index in [0.717, 1.165) is 11.2 Å². The maximum atomic E-state index is 4.52. The number of aromatic nitrogens is 4. The van der Waals surface area contributed by atoms with Crippen LogP contribution in [0.3, 0.4) is 0 Å². The molecule has 0 fully saturated rings. The van der Waals surface area contributed by atoms with Gasteiger partial charge in [-0.1, -0.05) is 0 Å². The highest BCUT2D eigenvalue weighted by atomic mass is 15.2. The van der Waals surface area contributed by atoms with Crippen molar-refractivity contribution in [1.82, 2.24) is 19.5 Å². The van der Waals surface area contributed by atoms with Crippen molar-refractivity contribution >= 4 is 17.1 Å². The monoisotopic (exact) mass is 219 g/mol. The van der Waals surface area contributed by atoms with Gasteiger partial charge < -0.3 is 9.47 Å². The average Bonchev–Trinajstić information content (AvgIpc) is 2.58. The Hall–Kier alpha value is -1.65. The molecule has 86 valence electrons. The molecule has 0 amide bonds. The lowest BCUT2D eigenvalue weighted by Gasteiger charge is -2.21. The Bertz CT molecular complexity index is 507. The van der Waals surface area contributed by atoms with Gasteiger partial charge in [0.1, 0.15) is 5.52 Å². The van der Waals surface area contributed by atoms with Crippen LogP contribution in [0.5, 0.6) is 0 Å². The number of rotatable bonds is 1. The van der Waals surface area contributed by atoms with Crippen LogP contribution in [-0.4, -0.2) is 33.6 Å². The molecule has 5 nitrogen and oxygen atoms in total. The summed E-state index contributed by atoms with van der Waals surface area (Å²) < 4.78 is 2.07. The second kappa shape index (κ2) is 3.43. The Balaban J connectivity index is 2.65. The Labute approximate surface area is 95.1 Å². The molecule has 0 radical (unpaired) electrons. The summed E-state index contributed by atoms with van der Waals surface area (Å²) in [6.07, 6.45) is 3.58. The van der Waals surface area contributed by atoms with E-state index in [1.54, 1.807) is 6.20 Å². The van der Waals surface area contributed by atoms with Gasteiger partial charge in [0, 0.05) is 19.6 Å². The third-order valence-electron chi connectivity index (χ3n) is 2.40. The first-order valence-corrected chi connectivity index (χ1v) is 5.27. The summed E-state index contributed by atoms with van der Waals surface area (Å²) in [4.78, 5) is 15.0. The van der Waals surface area contributed by atoms with Crippen LogP contribution in [0.15, 0.2) is 12.5 Å². The molecule has 16 heavy (non-hydrogen) atoms. The maximum Gasteiger partial charge on any atom is 0.226 e. The maximum absolute atomic E-state index is 4.52. The summed E-state index contributed by atoms with van der Waals surface area (Å²) in [7, 11) is 3.86.